The van der Waals surface area contributed by atoms with Crippen molar-refractivity contribution in [1.29, 1.82) is 0 Å². The van der Waals surface area contributed by atoms with Crippen LogP contribution in [0, 0.1) is 5.92 Å². The summed E-state index contributed by atoms with van der Waals surface area (Å²) >= 11 is 0. The number of benzene rings is 2. The minimum Gasteiger partial charge on any atom is -0.445 e. The van der Waals surface area contributed by atoms with E-state index in [2.05, 4.69) is 5.32 Å². The maximum Gasteiger partial charge on any atom is 0.409 e. The first-order valence-corrected chi connectivity index (χ1v) is 10.6. The highest BCUT2D eigenvalue weighted by molar-refractivity contribution is 6.14. The number of carbonyl (C=O) groups is 2. The predicted molar refractivity (Wildman–Crippen MR) is 117 cm³/mol. The molecule has 156 valence electrons. The first kappa shape index (κ1) is 20.1. The van der Waals surface area contributed by atoms with Crippen LogP contribution < -0.4 is 10.2 Å². The quantitative estimate of drug-likeness (QED) is 0.780. The lowest BCUT2D eigenvalue weighted by molar-refractivity contribution is -0.120. The average Bonchev–Trinajstić information content (AvgIpc) is 2.83. The summed E-state index contributed by atoms with van der Waals surface area (Å²) in [6.45, 7) is 2.75. The summed E-state index contributed by atoms with van der Waals surface area (Å²) in [4.78, 5) is 32.3. The molecule has 30 heavy (non-hydrogen) atoms. The van der Waals surface area contributed by atoms with Crippen molar-refractivity contribution in [3.63, 3.8) is 0 Å². The number of aliphatic imine (C=N–C) groups is 1. The lowest BCUT2D eigenvalue weighted by atomic mass is 9.79. The van der Waals surface area contributed by atoms with E-state index in [9.17, 15) is 9.59 Å². The van der Waals surface area contributed by atoms with Crippen molar-refractivity contribution in [3.8, 4) is 0 Å². The molecule has 2 aromatic carbocycles. The van der Waals surface area contributed by atoms with Crippen molar-refractivity contribution in [1.82, 2.24) is 5.32 Å². The Bertz CT molecular complexity index is 938. The Morgan fingerprint density at radius 3 is 2.57 bits per heavy atom. The van der Waals surface area contributed by atoms with Crippen LogP contribution in [0.1, 0.15) is 43.7 Å². The summed E-state index contributed by atoms with van der Waals surface area (Å²) in [5.74, 6) is 0.0976. The molecular formula is C24H27N3O3. The Morgan fingerprint density at radius 1 is 1.13 bits per heavy atom. The van der Waals surface area contributed by atoms with Crippen LogP contribution in [-0.2, 0) is 16.1 Å². The molecule has 0 bridgehead atoms. The maximum absolute atomic E-state index is 13.3. The largest absolute Gasteiger partial charge is 0.445 e. The summed E-state index contributed by atoms with van der Waals surface area (Å²) in [5, 5.41) is 2.70. The predicted octanol–water partition coefficient (Wildman–Crippen LogP) is 4.28. The molecule has 1 aliphatic heterocycles. The Balaban J connectivity index is 1.58. The SMILES string of the molecule is CCCN1C(=O)[C@@H](NC(=O)OCc2ccccc2)N=C(C2CCC2)c2ccccc21. The van der Waals surface area contributed by atoms with E-state index < -0.39 is 12.3 Å². The smallest absolute Gasteiger partial charge is 0.409 e. The molecule has 0 radical (unpaired) electrons. The van der Waals surface area contributed by atoms with E-state index in [1.165, 1.54) is 0 Å². The monoisotopic (exact) mass is 405 g/mol. The van der Waals surface area contributed by atoms with Gasteiger partial charge < -0.3 is 9.64 Å². The minimum absolute atomic E-state index is 0.145. The summed E-state index contributed by atoms with van der Waals surface area (Å²) in [6, 6.07) is 17.4. The Hall–Kier alpha value is -3.15. The fourth-order valence-corrected chi connectivity index (χ4v) is 3.89. The molecule has 1 saturated carbocycles. The molecule has 1 N–H and O–H groups in total. The van der Waals surface area contributed by atoms with Crippen LogP contribution in [0.2, 0.25) is 0 Å². The van der Waals surface area contributed by atoms with Crippen LogP contribution in [0.3, 0.4) is 0 Å². The van der Waals surface area contributed by atoms with Gasteiger partial charge in [0.25, 0.3) is 5.91 Å². The van der Waals surface area contributed by atoms with E-state index >= 15 is 0 Å². The zero-order valence-corrected chi connectivity index (χ0v) is 17.2. The molecule has 6 heteroatoms. The number of hydrogen-bond donors (Lipinski definition) is 1. The highest BCUT2D eigenvalue weighted by Crippen LogP contribution is 2.35. The van der Waals surface area contributed by atoms with Crippen molar-refractivity contribution in [2.45, 2.75) is 45.4 Å². The van der Waals surface area contributed by atoms with Crippen molar-refractivity contribution in [2.75, 3.05) is 11.4 Å². The van der Waals surface area contributed by atoms with Gasteiger partial charge in [-0.25, -0.2) is 4.79 Å². The second kappa shape index (κ2) is 9.11. The number of benzodiazepines with no additional fused rings is 1. The fourth-order valence-electron chi connectivity index (χ4n) is 3.89. The third-order valence-electron chi connectivity index (χ3n) is 5.65. The third kappa shape index (κ3) is 4.22. The van der Waals surface area contributed by atoms with E-state index in [1.54, 1.807) is 4.90 Å². The molecule has 1 aliphatic carbocycles. The van der Waals surface area contributed by atoms with E-state index in [1.807, 2.05) is 61.5 Å². The van der Waals surface area contributed by atoms with E-state index in [-0.39, 0.29) is 12.5 Å². The van der Waals surface area contributed by atoms with Crippen molar-refractivity contribution < 1.29 is 14.3 Å². The Morgan fingerprint density at radius 2 is 1.87 bits per heavy atom. The van der Waals surface area contributed by atoms with Gasteiger partial charge in [-0.15, -0.1) is 0 Å². The lowest BCUT2D eigenvalue weighted by Gasteiger charge is -2.28. The highest BCUT2D eigenvalue weighted by atomic mass is 16.5. The van der Waals surface area contributed by atoms with Gasteiger partial charge >= 0.3 is 6.09 Å². The molecule has 6 nitrogen and oxygen atoms in total. The number of hydrogen-bond acceptors (Lipinski definition) is 4. The normalized spacial score (nSPS) is 18.7. The van der Waals surface area contributed by atoms with Gasteiger partial charge in [-0.05, 0) is 30.9 Å². The highest BCUT2D eigenvalue weighted by Gasteiger charge is 2.36. The number of nitrogens with one attached hydrogen (secondary N) is 1. The Kier molecular flexibility index (Phi) is 6.12. The first-order valence-electron chi connectivity index (χ1n) is 10.6. The second-order valence-electron chi connectivity index (χ2n) is 7.76. The standard InChI is InChI=1S/C24H27N3O3/c1-2-15-27-20-14-7-6-13-19(20)21(18-11-8-12-18)25-22(23(27)28)26-24(29)30-16-17-9-4-3-5-10-17/h3-7,9-10,13-14,18,22H,2,8,11-12,15-16H2,1H3,(H,26,29)/t22-/m1/s1. The second-order valence-corrected chi connectivity index (χ2v) is 7.76. The molecule has 0 unspecified atom stereocenters. The van der Waals surface area contributed by atoms with Crippen LogP contribution in [0.15, 0.2) is 59.6 Å². The van der Waals surface area contributed by atoms with Crippen LogP contribution in [0.4, 0.5) is 10.5 Å². The zero-order chi connectivity index (χ0) is 20.9. The molecule has 2 aromatic rings. The van der Waals surface area contributed by atoms with Gasteiger partial charge in [0, 0.05) is 18.0 Å². The summed E-state index contributed by atoms with van der Waals surface area (Å²) in [6.07, 6.45) is 2.46. The number of carbonyl (C=O) groups excluding carboxylic acids is 2. The lowest BCUT2D eigenvalue weighted by Crippen LogP contribution is -2.47. The molecule has 4 rings (SSSR count). The topological polar surface area (TPSA) is 71.0 Å². The van der Waals surface area contributed by atoms with Crippen LogP contribution in [0.25, 0.3) is 0 Å². The molecule has 1 heterocycles. The number of amides is 2. The maximum atomic E-state index is 13.3. The van der Waals surface area contributed by atoms with Gasteiger partial charge in [0.2, 0.25) is 6.17 Å². The number of anilines is 1. The van der Waals surface area contributed by atoms with Gasteiger partial charge in [0.1, 0.15) is 6.61 Å². The average molecular weight is 405 g/mol. The molecule has 0 saturated heterocycles. The summed E-state index contributed by atoms with van der Waals surface area (Å²) < 4.78 is 5.34. The first-order chi connectivity index (χ1) is 14.7. The molecule has 1 fully saturated rings. The van der Waals surface area contributed by atoms with E-state index in [4.69, 9.17) is 9.73 Å². The van der Waals surface area contributed by atoms with Crippen molar-refractivity contribution >= 4 is 23.4 Å². The summed E-state index contributed by atoms with van der Waals surface area (Å²) in [7, 11) is 0. The molecule has 0 aromatic heterocycles. The van der Waals surface area contributed by atoms with Gasteiger partial charge in [-0.2, -0.15) is 0 Å². The number of nitrogens with zero attached hydrogens (tertiary/aromatic N) is 2. The number of para-hydroxylation sites is 1. The van der Waals surface area contributed by atoms with Gasteiger partial charge in [0.15, 0.2) is 0 Å². The molecule has 1 atom stereocenters. The number of rotatable bonds is 6. The number of fused-ring (bicyclic) bond motifs is 1. The third-order valence-corrected chi connectivity index (χ3v) is 5.65. The fraction of sp³-hybridized carbons (Fsp3) is 0.375. The van der Waals surface area contributed by atoms with E-state index in [0.29, 0.717) is 12.5 Å². The van der Waals surface area contributed by atoms with Gasteiger partial charge in [0.05, 0.1) is 11.4 Å². The number of ether oxygens (including phenoxy) is 1. The zero-order valence-electron chi connectivity index (χ0n) is 17.2. The van der Waals surface area contributed by atoms with Gasteiger partial charge in [-0.3, -0.25) is 15.1 Å². The van der Waals surface area contributed by atoms with Crippen molar-refractivity contribution in [3.05, 3.63) is 65.7 Å². The van der Waals surface area contributed by atoms with Crippen LogP contribution >= 0.6 is 0 Å². The van der Waals surface area contributed by atoms with Gasteiger partial charge in [-0.1, -0.05) is 61.9 Å². The van der Waals surface area contributed by atoms with Crippen molar-refractivity contribution in [2.24, 2.45) is 10.9 Å². The molecular weight excluding hydrogens is 378 g/mol. The molecule has 2 aliphatic rings. The Labute approximate surface area is 176 Å². The van der Waals surface area contributed by atoms with E-state index in [0.717, 1.165) is 48.2 Å². The molecule has 0 spiro atoms. The van der Waals surface area contributed by atoms with Crippen LogP contribution in [0.5, 0.6) is 0 Å². The molecule has 2 amide bonds. The number of alkyl carbamates (subject to hydrolysis) is 1. The summed E-state index contributed by atoms with van der Waals surface area (Å²) in [5.41, 5.74) is 3.67. The minimum atomic E-state index is -0.983. The van der Waals surface area contributed by atoms with Crippen LogP contribution in [-0.4, -0.2) is 30.4 Å².